The number of aliphatic hydroxyl groups is 4. The normalized spacial score (nSPS) is 13.8. The Bertz CT molecular complexity index is 1120. The van der Waals surface area contributed by atoms with Crippen molar-refractivity contribution in [3.8, 4) is 0 Å². The highest BCUT2D eigenvalue weighted by Crippen LogP contribution is 2.18. The van der Waals surface area contributed by atoms with Crippen LogP contribution in [0.1, 0.15) is 341 Å². The summed E-state index contributed by atoms with van der Waals surface area (Å²) in [7, 11) is 0. The molecule has 6 nitrogen and oxygen atoms in total. The van der Waals surface area contributed by atoms with Crippen molar-refractivity contribution in [2.24, 2.45) is 0 Å². The SMILES string of the molecule is CCCCCCCCCCCCCC/C=C\CCCCCCCCCCCCCCCCCCC(O)C(=O)NC(CO)C(O)C(O)CCC/C=C/CC/C=C/CCCCCCCCCCCCCCCC. The van der Waals surface area contributed by atoms with Gasteiger partial charge >= 0.3 is 0 Å². The number of carbonyl (C=O) groups excluding carboxylic acids is 1. The van der Waals surface area contributed by atoms with Gasteiger partial charge in [-0.2, -0.15) is 0 Å². The van der Waals surface area contributed by atoms with Gasteiger partial charge in [-0.3, -0.25) is 4.79 Å². The third-order valence-electron chi connectivity index (χ3n) is 15.1. The Labute approximate surface area is 443 Å². The predicted molar refractivity (Wildman–Crippen MR) is 311 cm³/mol. The number of amides is 1. The van der Waals surface area contributed by atoms with Crippen molar-refractivity contribution in [3.05, 3.63) is 36.5 Å². The van der Waals surface area contributed by atoms with E-state index in [2.05, 4.69) is 55.6 Å². The molecule has 0 fully saturated rings. The molecular weight excluding hydrogens is 875 g/mol. The molecule has 0 aromatic rings. The molecule has 1 amide bonds. The Kier molecular flexibility index (Phi) is 58.2. The molecule has 0 radical (unpaired) electrons. The van der Waals surface area contributed by atoms with Gasteiger partial charge < -0.3 is 25.7 Å². The lowest BCUT2D eigenvalue weighted by Gasteiger charge is -2.27. The van der Waals surface area contributed by atoms with Gasteiger partial charge in [-0.15, -0.1) is 0 Å². The van der Waals surface area contributed by atoms with Crippen LogP contribution >= 0.6 is 0 Å². The maximum Gasteiger partial charge on any atom is 0.249 e. The monoisotopic (exact) mass is 1000 g/mol. The van der Waals surface area contributed by atoms with E-state index < -0.39 is 36.9 Å². The smallest absolute Gasteiger partial charge is 0.249 e. The number of hydrogen-bond donors (Lipinski definition) is 5. The highest BCUT2D eigenvalue weighted by Gasteiger charge is 2.28. The van der Waals surface area contributed by atoms with Crippen LogP contribution in [0.25, 0.3) is 0 Å². The van der Waals surface area contributed by atoms with Crippen molar-refractivity contribution >= 4 is 5.91 Å². The van der Waals surface area contributed by atoms with Gasteiger partial charge in [-0.1, -0.05) is 301 Å². The summed E-state index contributed by atoms with van der Waals surface area (Å²) in [5.74, 6) is -0.592. The number of aliphatic hydroxyl groups excluding tert-OH is 4. The molecule has 0 spiro atoms. The standard InChI is InChI=1S/C65H125NO5/c1-3-5-7-9-11-13-15-17-19-21-23-25-27-28-29-30-31-32-33-34-35-37-39-41-43-45-47-49-51-53-55-57-59-63(69)65(71)66-61(60-67)64(70)62(68)58-56-54-52-50-48-46-44-42-40-38-36-26-24-22-20-18-16-14-12-10-8-6-4-2/h28-29,42,44,50,52,61-64,67-70H,3-27,30-41,43,45-49,51,53-60H2,1-2H3,(H,66,71)/b29-28-,44-42+,52-50+. The second-order valence-corrected chi connectivity index (χ2v) is 22.1. The molecule has 0 saturated carbocycles. The molecule has 0 heterocycles. The molecule has 0 saturated heterocycles. The van der Waals surface area contributed by atoms with E-state index in [9.17, 15) is 25.2 Å². The van der Waals surface area contributed by atoms with Gasteiger partial charge in [-0.05, 0) is 77.0 Å². The summed E-state index contributed by atoms with van der Waals surface area (Å²) in [4.78, 5) is 12.6. The van der Waals surface area contributed by atoms with Crippen molar-refractivity contribution in [1.29, 1.82) is 0 Å². The van der Waals surface area contributed by atoms with E-state index in [1.807, 2.05) is 0 Å². The summed E-state index contributed by atoms with van der Waals surface area (Å²) in [6.45, 7) is 4.08. The molecule has 5 N–H and O–H groups in total. The molecule has 6 heteroatoms. The van der Waals surface area contributed by atoms with E-state index in [0.717, 1.165) is 38.5 Å². The fourth-order valence-electron chi connectivity index (χ4n) is 10.1. The van der Waals surface area contributed by atoms with E-state index in [0.29, 0.717) is 19.3 Å². The Morgan fingerprint density at radius 1 is 0.338 bits per heavy atom. The Balaban J connectivity index is 3.61. The lowest BCUT2D eigenvalue weighted by atomic mass is 10.00. The second-order valence-electron chi connectivity index (χ2n) is 22.1. The minimum absolute atomic E-state index is 0.362. The molecule has 4 atom stereocenters. The summed E-state index contributed by atoms with van der Waals surface area (Å²) in [6.07, 6.45) is 75.3. The molecule has 420 valence electrons. The lowest BCUT2D eigenvalue weighted by Crippen LogP contribution is -2.53. The molecule has 0 rings (SSSR count). The van der Waals surface area contributed by atoms with Crippen LogP contribution in [0.2, 0.25) is 0 Å². The number of nitrogens with one attached hydrogen (secondary N) is 1. The van der Waals surface area contributed by atoms with Crippen LogP contribution < -0.4 is 5.32 Å². The molecule has 0 aromatic heterocycles. The molecule has 0 aliphatic rings. The van der Waals surface area contributed by atoms with Crippen molar-refractivity contribution in [1.82, 2.24) is 5.32 Å². The molecule has 71 heavy (non-hydrogen) atoms. The van der Waals surface area contributed by atoms with Gasteiger partial charge in [-0.25, -0.2) is 0 Å². The first-order valence-corrected chi connectivity index (χ1v) is 31.9. The Morgan fingerprint density at radius 2 is 0.592 bits per heavy atom. The van der Waals surface area contributed by atoms with Crippen LogP contribution in [0.15, 0.2) is 36.5 Å². The van der Waals surface area contributed by atoms with E-state index in [1.54, 1.807) is 0 Å². The van der Waals surface area contributed by atoms with Gasteiger partial charge in [0.2, 0.25) is 5.91 Å². The number of allylic oxidation sites excluding steroid dienone is 6. The van der Waals surface area contributed by atoms with Crippen LogP contribution in [0.5, 0.6) is 0 Å². The molecule has 0 bridgehead atoms. The molecule has 0 aliphatic heterocycles. The first-order chi connectivity index (χ1) is 35.0. The van der Waals surface area contributed by atoms with Gasteiger partial charge in [0, 0.05) is 0 Å². The Morgan fingerprint density at radius 3 is 0.887 bits per heavy atom. The van der Waals surface area contributed by atoms with Crippen LogP contribution in [0.4, 0.5) is 0 Å². The van der Waals surface area contributed by atoms with Gasteiger partial charge in [0.15, 0.2) is 0 Å². The lowest BCUT2D eigenvalue weighted by molar-refractivity contribution is -0.132. The predicted octanol–water partition coefficient (Wildman–Crippen LogP) is 19.1. The van der Waals surface area contributed by atoms with Crippen molar-refractivity contribution in [2.45, 2.75) is 366 Å². The number of unbranched alkanes of at least 4 members (excludes halogenated alkanes) is 44. The topological polar surface area (TPSA) is 110 Å². The average Bonchev–Trinajstić information content (AvgIpc) is 3.38. The van der Waals surface area contributed by atoms with Crippen LogP contribution in [0.3, 0.4) is 0 Å². The minimum Gasteiger partial charge on any atom is -0.394 e. The van der Waals surface area contributed by atoms with E-state index in [1.165, 1.54) is 270 Å². The van der Waals surface area contributed by atoms with Crippen LogP contribution in [-0.2, 0) is 4.79 Å². The maximum atomic E-state index is 12.6. The Hall–Kier alpha value is -1.47. The number of carbonyl (C=O) groups is 1. The van der Waals surface area contributed by atoms with Crippen molar-refractivity contribution in [2.75, 3.05) is 6.61 Å². The van der Waals surface area contributed by atoms with Crippen LogP contribution in [0, 0.1) is 0 Å². The minimum atomic E-state index is -1.29. The van der Waals surface area contributed by atoms with Crippen LogP contribution in [-0.4, -0.2) is 57.3 Å². The highest BCUT2D eigenvalue weighted by atomic mass is 16.3. The fourth-order valence-corrected chi connectivity index (χ4v) is 10.1. The molecular formula is C65H125NO5. The van der Waals surface area contributed by atoms with Crippen molar-refractivity contribution < 1.29 is 25.2 Å². The van der Waals surface area contributed by atoms with E-state index in [4.69, 9.17) is 0 Å². The third-order valence-corrected chi connectivity index (χ3v) is 15.1. The summed E-state index contributed by atoms with van der Waals surface area (Å²) in [6, 6.07) is -1.01. The highest BCUT2D eigenvalue weighted by molar-refractivity contribution is 5.80. The third kappa shape index (κ3) is 53.2. The molecule has 4 unspecified atom stereocenters. The zero-order valence-corrected chi connectivity index (χ0v) is 47.7. The fraction of sp³-hybridized carbons (Fsp3) is 0.892. The average molecular weight is 1000 g/mol. The first-order valence-electron chi connectivity index (χ1n) is 31.9. The summed E-state index contributed by atoms with van der Waals surface area (Å²) < 4.78 is 0. The molecule has 0 aliphatic carbocycles. The van der Waals surface area contributed by atoms with Crippen molar-refractivity contribution in [3.63, 3.8) is 0 Å². The zero-order chi connectivity index (χ0) is 51.6. The number of rotatable bonds is 59. The van der Waals surface area contributed by atoms with E-state index in [-0.39, 0.29) is 0 Å². The second kappa shape index (κ2) is 59.4. The quantitative estimate of drug-likeness (QED) is 0.0308. The van der Waals surface area contributed by atoms with Gasteiger partial charge in [0.25, 0.3) is 0 Å². The molecule has 0 aromatic carbocycles. The summed E-state index contributed by atoms with van der Waals surface area (Å²) >= 11 is 0. The first kappa shape index (κ1) is 69.5. The maximum absolute atomic E-state index is 12.6. The summed E-state index contributed by atoms with van der Waals surface area (Å²) in [5.41, 5.74) is 0. The number of hydrogen-bond acceptors (Lipinski definition) is 5. The van der Waals surface area contributed by atoms with Gasteiger partial charge in [0.05, 0.1) is 18.8 Å². The zero-order valence-electron chi connectivity index (χ0n) is 47.7. The van der Waals surface area contributed by atoms with E-state index >= 15 is 0 Å². The van der Waals surface area contributed by atoms with Gasteiger partial charge in [0.1, 0.15) is 12.2 Å². The largest absolute Gasteiger partial charge is 0.394 e. The summed E-state index contributed by atoms with van der Waals surface area (Å²) in [5, 5.41) is 44.1.